The van der Waals surface area contributed by atoms with E-state index in [0.29, 0.717) is 0 Å². The van der Waals surface area contributed by atoms with Crippen LogP contribution in [0.3, 0.4) is 0 Å². The van der Waals surface area contributed by atoms with Gasteiger partial charge in [-0.05, 0) is 83.9 Å². The lowest BCUT2D eigenvalue weighted by molar-refractivity contribution is -0.256. The molecule has 0 fully saturated rings. The summed E-state index contributed by atoms with van der Waals surface area (Å²) in [6.45, 7) is 0. The first-order valence-corrected chi connectivity index (χ1v) is 18.3. The Bertz CT molecular complexity index is 1690. The first-order chi connectivity index (χ1) is 24.5. The number of carbonyl (C=O) groups is 2. The SMILES string of the molecule is O=C([O-])c1ccc(C(=O)[O-])cc1.c1ccc([S+](c2ccccc2)c2ccccc2)cc1.c1ccc([S+](c2ccccc2)c2ccccc2)cc1. The lowest BCUT2D eigenvalue weighted by atomic mass is 10.1. The van der Waals surface area contributed by atoms with Crippen LogP contribution in [0.25, 0.3) is 0 Å². The van der Waals surface area contributed by atoms with E-state index in [2.05, 4.69) is 182 Å². The van der Waals surface area contributed by atoms with Gasteiger partial charge in [-0.3, -0.25) is 0 Å². The summed E-state index contributed by atoms with van der Waals surface area (Å²) in [6.07, 6.45) is 0. The maximum Gasteiger partial charge on any atom is 0.166 e. The van der Waals surface area contributed by atoms with Crippen molar-refractivity contribution in [1.29, 1.82) is 0 Å². The number of rotatable bonds is 8. The van der Waals surface area contributed by atoms with E-state index < -0.39 is 11.9 Å². The van der Waals surface area contributed by atoms with Gasteiger partial charge in [0.25, 0.3) is 0 Å². The van der Waals surface area contributed by atoms with E-state index in [9.17, 15) is 19.8 Å². The van der Waals surface area contributed by atoms with Crippen LogP contribution in [0, 0.1) is 0 Å². The molecule has 0 heterocycles. The molecule has 0 aliphatic carbocycles. The molecule has 6 heteroatoms. The average molecular weight is 691 g/mol. The van der Waals surface area contributed by atoms with Crippen molar-refractivity contribution in [3.63, 3.8) is 0 Å². The highest BCUT2D eigenvalue weighted by molar-refractivity contribution is 7.97. The number of carboxylic acids is 2. The Morgan fingerprint density at radius 1 is 0.280 bits per heavy atom. The van der Waals surface area contributed by atoms with Crippen molar-refractivity contribution >= 4 is 33.7 Å². The van der Waals surface area contributed by atoms with Gasteiger partial charge in [-0.1, -0.05) is 133 Å². The van der Waals surface area contributed by atoms with Crippen LogP contribution in [0.15, 0.2) is 236 Å². The molecule has 7 aromatic rings. The van der Waals surface area contributed by atoms with E-state index in [1.807, 2.05) is 0 Å². The molecule has 0 unspecified atom stereocenters. The molecule has 0 atom stereocenters. The van der Waals surface area contributed by atoms with Crippen LogP contribution in [0.2, 0.25) is 0 Å². The molecule has 0 spiro atoms. The Morgan fingerprint density at radius 3 is 0.580 bits per heavy atom. The highest BCUT2D eigenvalue weighted by atomic mass is 32.2. The molecule has 0 amide bonds. The zero-order chi connectivity index (χ0) is 35.0. The Labute approximate surface area is 299 Å². The van der Waals surface area contributed by atoms with Crippen LogP contribution < -0.4 is 10.2 Å². The fourth-order valence-corrected chi connectivity index (χ4v) is 9.11. The van der Waals surface area contributed by atoms with Crippen molar-refractivity contribution in [3.8, 4) is 0 Å². The zero-order valence-corrected chi connectivity index (χ0v) is 28.7. The average Bonchev–Trinajstić information content (AvgIpc) is 3.18. The van der Waals surface area contributed by atoms with E-state index in [1.165, 1.54) is 29.4 Å². The molecule has 0 N–H and O–H groups in total. The fourth-order valence-electron chi connectivity index (χ4n) is 4.90. The Balaban J connectivity index is 0.000000150. The predicted octanol–water partition coefficient (Wildman–Crippen LogP) is 7.98. The van der Waals surface area contributed by atoms with Gasteiger partial charge in [-0.25, -0.2) is 0 Å². The standard InChI is InChI=1S/2C18H15S.C8H6O4/c2*1-4-10-16(11-5-1)19(17-12-6-2-7-13-17)18-14-8-3-9-15-18;9-7(10)5-1-2-6(4-3-5)8(11)12/h2*1-15H;1-4H,(H,9,10)(H,11,12)/q2*+1;/p-2. The first kappa shape index (κ1) is 35.5. The highest BCUT2D eigenvalue weighted by Crippen LogP contribution is 2.31. The molecule has 7 rings (SSSR count). The first-order valence-electron chi connectivity index (χ1n) is 15.8. The Kier molecular flexibility index (Phi) is 13.2. The minimum Gasteiger partial charge on any atom is -0.545 e. The second kappa shape index (κ2) is 18.7. The third-order valence-electron chi connectivity index (χ3n) is 7.23. The van der Waals surface area contributed by atoms with Gasteiger partial charge in [0.05, 0.1) is 33.7 Å². The summed E-state index contributed by atoms with van der Waals surface area (Å²) in [7, 11) is -0.0293. The van der Waals surface area contributed by atoms with E-state index in [4.69, 9.17) is 0 Å². The van der Waals surface area contributed by atoms with Crippen LogP contribution in [-0.4, -0.2) is 11.9 Å². The summed E-state index contributed by atoms with van der Waals surface area (Å²) in [5.41, 5.74) is -0.111. The van der Waals surface area contributed by atoms with Gasteiger partial charge >= 0.3 is 0 Å². The molecule has 0 saturated heterocycles. The van der Waals surface area contributed by atoms with E-state index in [1.54, 1.807) is 0 Å². The largest absolute Gasteiger partial charge is 0.545 e. The van der Waals surface area contributed by atoms with Crippen molar-refractivity contribution in [1.82, 2.24) is 0 Å². The number of carboxylic acid groups (broad SMARTS) is 2. The topological polar surface area (TPSA) is 80.3 Å². The number of hydrogen-bond donors (Lipinski definition) is 0. The van der Waals surface area contributed by atoms with Gasteiger partial charge in [0.2, 0.25) is 0 Å². The minimum absolute atomic E-state index is 0.0146. The molecule has 246 valence electrons. The molecule has 7 aromatic carbocycles. The van der Waals surface area contributed by atoms with Crippen LogP contribution in [0.4, 0.5) is 0 Å². The maximum absolute atomic E-state index is 10.2. The van der Waals surface area contributed by atoms with Gasteiger partial charge in [0.1, 0.15) is 0 Å². The smallest absolute Gasteiger partial charge is 0.166 e. The van der Waals surface area contributed by atoms with Gasteiger partial charge < -0.3 is 19.8 Å². The van der Waals surface area contributed by atoms with Crippen molar-refractivity contribution in [2.24, 2.45) is 0 Å². The second-order valence-corrected chi connectivity index (χ2v) is 14.7. The third-order valence-corrected chi connectivity index (χ3v) is 11.7. The normalized spacial score (nSPS) is 10.3. The molecule has 0 aliphatic heterocycles. The van der Waals surface area contributed by atoms with Crippen LogP contribution >= 0.6 is 0 Å². The lowest BCUT2D eigenvalue weighted by Gasteiger charge is -2.07. The lowest BCUT2D eigenvalue weighted by Crippen LogP contribution is -2.24. The summed E-state index contributed by atoms with van der Waals surface area (Å²) in [5.74, 6) is -2.67. The van der Waals surface area contributed by atoms with Crippen molar-refractivity contribution in [3.05, 3.63) is 217 Å². The predicted molar refractivity (Wildman–Crippen MR) is 198 cm³/mol. The van der Waals surface area contributed by atoms with Crippen LogP contribution in [0.1, 0.15) is 20.7 Å². The maximum atomic E-state index is 10.2. The van der Waals surface area contributed by atoms with E-state index >= 15 is 0 Å². The van der Waals surface area contributed by atoms with Gasteiger partial charge in [-0.15, -0.1) is 0 Å². The van der Waals surface area contributed by atoms with Crippen molar-refractivity contribution < 1.29 is 19.8 Å². The van der Waals surface area contributed by atoms with Crippen LogP contribution in [0.5, 0.6) is 0 Å². The second-order valence-electron chi connectivity index (χ2n) is 10.6. The molecular weight excluding hydrogens is 657 g/mol. The molecule has 0 bridgehead atoms. The third kappa shape index (κ3) is 10.1. The Hall–Kier alpha value is -5.82. The highest BCUT2D eigenvalue weighted by Gasteiger charge is 2.28. The zero-order valence-electron chi connectivity index (χ0n) is 27.1. The van der Waals surface area contributed by atoms with Gasteiger partial charge in [0.15, 0.2) is 29.4 Å². The number of hydrogen-bond acceptors (Lipinski definition) is 4. The summed E-state index contributed by atoms with van der Waals surface area (Å²) in [6, 6.07) is 68.9. The van der Waals surface area contributed by atoms with E-state index in [-0.39, 0.29) is 32.9 Å². The molecule has 0 aliphatic rings. The number of benzene rings is 7. The fraction of sp³-hybridized carbons (Fsp3) is 0. The van der Waals surface area contributed by atoms with Crippen LogP contribution in [-0.2, 0) is 21.8 Å². The Morgan fingerprint density at radius 2 is 0.440 bits per heavy atom. The number of carbonyl (C=O) groups excluding carboxylic acids is 2. The summed E-state index contributed by atoms with van der Waals surface area (Å²) in [5, 5.41) is 20.4. The molecule has 4 nitrogen and oxygen atoms in total. The minimum atomic E-state index is -1.33. The molecule has 50 heavy (non-hydrogen) atoms. The summed E-state index contributed by atoms with van der Waals surface area (Å²) in [4.78, 5) is 28.6. The van der Waals surface area contributed by atoms with Gasteiger partial charge in [-0.2, -0.15) is 0 Å². The summed E-state index contributed by atoms with van der Waals surface area (Å²) >= 11 is 0. The summed E-state index contributed by atoms with van der Waals surface area (Å²) < 4.78 is 0. The molecule has 0 aromatic heterocycles. The molecule has 0 radical (unpaired) electrons. The molecule has 0 saturated carbocycles. The van der Waals surface area contributed by atoms with Crippen molar-refractivity contribution in [2.45, 2.75) is 29.4 Å². The van der Waals surface area contributed by atoms with Crippen molar-refractivity contribution in [2.75, 3.05) is 0 Å². The monoisotopic (exact) mass is 690 g/mol. The number of aromatic carboxylic acids is 2. The quantitative estimate of drug-likeness (QED) is 0.152. The van der Waals surface area contributed by atoms with Gasteiger partial charge in [0, 0.05) is 0 Å². The van der Waals surface area contributed by atoms with E-state index in [0.717, 1.165) is 24.3 Å². The molecular formula is C44H34O4S2.